The minimum absolute atomic E-state index is 0.112. The Balaban J connectivity index is 2.30. The van der Waals surface area contributed by atoms with Gasteiger partial charge < -0.3 is 5.32 Å². The van der Waals surface area contributed by atoms with Gasteiger partial charge in [-0.2, -0.15) is 0 Å². The van der Waals surface area contributed by atoms with Gasteiger partial charge in [-0.05, 0) is 44.0 Å². The van der Waals surface area contributed by atoms with Crippen molar-refractivity contribution in [1.29, 1.82) is 0 Å². The zero-order chi connectivity index (χ0) is 13.2. The topological polar surface area (TPSA) is 46.2 Å². The molecule has 1 aliphatic rings. The molecule has 2 atom stereocenters. The van der Waals surface area contributed by atoms with Gasteiger partial charge in [0.2, 0.25) is 0 Å². The second kappa shape index (κ2) is 5.41. The zero-order valence-corrected chi connectivity index (χ0v) is 11.8. The minimum atomic E-state index is -3.20. The maximum atomic E-state index is 12.6. The summed E-state index contributed by atoms with van der Waals surface area (Å²) >= 11 is 0. The van der Waals surface area contributed by atoms with Crippen molar-refractivity contribution in [3.63, 3.8) is 0 Å². The fourth-order valence-corrected chi connectivity index (χ4v) is 4.87. The number of rotatable bonds is 4. The molecule has 3 nitrogen and oxygen atoms in total. The molecule has 1 N–H and O–H groups in total. The van der Waals surface area contributed by atoms with Crippen molar-refractivity contribution in [3.8, 4) is 0 Å². The van der Waals surface area contributed by atoms with Crippen LogP contribution in [0.25, 0.3) is 0 Å². The van der Waals surface area contributed by atoms with Crippen LogP contribution >= 0.6 is 0 Å². The van der Waals surface area contributed by atoms with Gasteiger partial charge in [-0.3, -0.25) is 0 Å². The Morgan fingerprint density at radius 2 is 2.11 bits per heavy atom. The molecule has 2 rings (SSSR count). The Kier molecular flexibility index (Phi) is 4.07. The highest BCUT2D eigenvalue weighted by atomic mass is 32.2. The second-order valence-electron chi connectivity index (χ2n) is 5.00. The second-order valence-corrected chi connectivity index (χ2v) is 7.16. The van der Waals surface area contributed by atoms with Crippen LogP contribution in [-0.2, 0) is 9.84 Å². The van der Waals surface area contributed by atoms with E-state index in [1.165, 1.54) is 0 Å². The molecule has 0 bridgehead atoms. The lowest BCUT2D eigenvalue weighted by Gasteiger charge is -2.20. The van der Waals surface area contributed by atoms with Crippen LogP contribution in [0.1, 0.15) is 31.7 Å². The molecule has 0 spiro atoms. The van der Waals surface area contributed by atoms with E-state index < -0.39 is 9.84 Å². The number of sulfone groups is 1. The zero-order valence-electron chi connectivity index (χ0n) is 11.0. The standard InChI is InChI=1S/C14H21NO2S/c1-3-15-13-8-5-9-14(13)18(16,17)12-7-4-6-11(2)10-12/h4,6-7,10,13-15H,3,5,8-9H2,1-2H3. The third kappa shape index (κ3) is 2.59. The number of benzene rings is 1. The molecule has 0 amide bonds. The molecule has 18 heavy (non-hydrogen) atoms. The van der Waals surface area contributed by atoms with Crippen molar-refractivity contribution in [3.05, 3.63) is 29.8 Å². The molecule has 0 radical (unpaired) electrons. The van der Waals surface area contributed by atoms with Crippen molar-refractivity contribution in [2.24, 2.45) is 0 Å². The van der Waals surface area contributed by atoms with Crippen molar-refractivity contribution < 1.29 is 8.42 Å². The Bertz CT molecular complexity index is 510. The molecule has 0 aliphatic heterocycles. The molecular formula is C14H21NO2S. The van der Waals surface area contributed by atoms with E-state index in [0.717, 1.165) is 31.4 Å². The molecule has 1 saturated carbocycles. The maximum absolute atomic E-state index is 12.6. The van der Waals surface area contributed by atoms with Gasteiger partial charge in [-0.25, -0.2) is 8.42 Å². The highest BCUT2D eigenvalue weighted by molar-refractivity contribution is 7.92. The first-order chi connectivity index (χ1) is 8.55. The summed E-state index contributed by atoms with van der Waals surface area (Å²) in [5, 5.41) is 3.04. The average molecular weight is 267 g/mol. The lowest BCUT2D eigenvalue weighted by molar-refractivity contribution is 0.517. The monoisotopic (exact) mass is 267 g/mol. The van der Waals surface area contributed by atoms with Gasteiger partial charge in [0.25, 0.3) is 0 Å². The van der Waals surface area contributed by atoms with Gasteiger partial charge in [0, 0.05) is 6.04 Å². The largest absolute Gasteiger partial charge is 0.313 e. The predicted molar refractivity (Wildman–Crippen MR) is 73.5 cm³/mol. The summed E-state index contributed by atoms with van der Waals surface area (Å²) in [6, 6.07) is 7.34. The number of hydrogen-bond donors (Lipinski definition) is 1. The van der Waals surface area contributed by atoms with Gasteiger partial charge in [0.05, 0.1) is 10.1 Å². The third-order valence-electron chi connectivity index (χ3n) is 3.64. The molecule has 0 aromatic heterocycles. The van der Waals surface area contributed by atoms with Gasteiger partial charge in [0.15, 0.2) is 9.84 Å². The van der Waals surface area contributed by atoms with E-state index in [9.17, 15) is 8.42 Å². The van der Waals surface area contributed by atoms with Crippen LogP contribution in [0.15, 0.2) is 29.2 Å². The third-order valence-corrected chi connectivity index (χ3v) is 5.91. The highest BCUT2D eigenvalue weighted by Gasteiger charge is 2.37. The van der Waals surface area contributed by atoms with E-state index in [2.05, 4.69) is 5.32 Å². The SMILES string of the molecule is CCNC1CCCC1S(=O)(=O)c1cccc(C)c1. The van der Waals surface area contributed by atoms with E-state index in [1.807, 2.05) is 26.0 Å². The molecule has 100 valence electrons. The van der Waals surface area contributed by atoms with Gasteiger partial charge in [-0.15, -0.1) is 0 Å². The van der Waals surface area contributed by atoms with E-state index in [0.29, 0.717) is 4.90 Å². The summed E-state index contributed by atoms with van der Waals surface area (Å²) in [7, 11) is -3.20. The molecule has 2 unspecified atom stereocenters. The minimum Gasteiger partial charge on any atom is -0.313 e. The highest BCUT2D eigenvalue weighted by Crippen LogP contribution is 2.30. The summed E-state index contributed by atoms with van der Waals surface area (Å²) < 4.78 is 25.3. The number of aryl methyl sites for hydroxylation is 1. The fraction of sp³-hybridized carbons (Fsp3) is 0.571. The molecule has 1 aliphatic carbocycles. The first-order valence-electron chi connectivity index (χ1n) is 6.59. The Morgan fingerprint density at radius 3 is 2.78 bits per heavy atom. The summed E-state index contributed by atoms with van der Waals surface area (Å²) in [6.07, 6.45) is 2.73. The van der Waals surface area contributed by atoms with Crippen LogP contribution in [0.2, 0.25) is 0 Å². The van der Waals surface area contributed by atoms with Gasteiger partial charge >= 0.3 is 0 Å². The van der Waals surface area contributed by atoms with E-state index in [-0.39, 0.29) is 11.3 Å². The van der Waals surface area contributed by atoms with Crippen LogP contribution in [0.4, 0.5) is 0 Å². The van der Waals surface area contributed by atoms with Crippen LogP contribution in [0.5, 0.6) is 0 Å². The molecule has 0 heterocycles. The smallest absolute Gasteiger partial charge is 0.182 e. The summed E-state index contributed by atoms with van der Waals surface area (Å²) in [6.45, 7) is 4.77. The van der Waals surface area contributed by atoms with E-state index in [1.54, 1.807) is 12.1 Å². The molecule has 4 heteroatoms. The fourth-order valence-electron chi connectivity index (χ4n) is 2.76. The Morgan fingerprint density at radius 1 is 1.33 bits per heavy atom. The number of nitrogens with one attached hydrogen (secondary N) is 1. The first-order valence-corrected chi connectivity index (χ1v) is 8.14. The molecule has 1 aromatic carbocycles. The molecule has 1 fully saturated rings. The lowest BCUT2D eigenvalue weighted by atomic mass is 10.2. The van der Waals surface area contributed by atoms with Gasteiger partial charge in [-0.1, -0.05) is 25.5 Å². The Hall–Kier alpha value is -0.870. The molecule has 1 aromatic rings. The lowest BCUT2D eigenvalue weighted by Crippen LogP contribution is -2.40. The summed E-state index contributed by atoms with van der Waals surface area (Å²) in [5.74, 6) is 0. The number of hydrogen-bond acceptors (Lipinski definition) is 3. The van der Waals surface area contributed by atoms with Gasteiger partial charge in [0.1, 0.15) is 0 Å². The Labute approximate surface area is 110 Å². The maximum Gasteiger partial charge on any atom is 0.182 e. The van der Waals surface area contributed by atoms with Crippen molar-refractivity contribution in [1.82, 2.24) is 5.32 Å². The average Bonchev–Trinajstić information content (AvgIpc) is 2.78. The predicted octanol–water partition coefficient (Wildman–Crippen LogP) is 2.30. The first kappa shape index (κ1) is 13.6. The molecular weight excluding hydrogens is 246 g/mol. The van der Waals surface area contributed by atoms with E-state index in [4.69, 9.17) is 0 Å². The quantitative estimate of drug-likeness (QED) is 0.910. The molecule has 0 saturated heterocycles. The van der Waals surface area contributed by atoms with Crippen LogP contribution in [0.3, 0.4) is 0 Å². The van der Waals surface area contributed by atoms with Crippen LogP contribution < -0.4 is 5.32 Å². The van der Waals surface area contributed by atoms with Crippen molar-refractivity contribution in [2.75, 3.05) is 6.54 Å². The normalized spacial score (nSPS) is 24.3. The summed E-state index contributed by atoms with van der Waals surface area (Å²) in [4.78, 5) is 0.470. The van der Waals surface area contributed by atoms with Crippen molar-refractivity contribution >= 4 is 9.84 Å². The summed E-state index contributed by atoms with van der Waals surface area (Å²) in [5.41, 5.74) is 0.995. The van der Waals surface area contributed by atoms with E-state index >= 15 is 0 Å². The van der Waals surface area contributed by atoms with Crippen LogP contribution in [-0.4, -0.2) is 26.3 Å². The van der Waals surface area contributed by atoms with Crippen molar-refractivity contribution in [2.45, 2.75) is 49.3 Å². The van der Waals surface area contributed by atoms with Crippen LogP contribution in [0, 0.1) is 6.92 Å².